The van der Waals surface area contributed by atoms with Gasteiger partial charge in [0.25, 0.3) is 0 Å². The third-order valence-electron chi connectivity index (χ3n) is 3.30. The minimum Gasteiger partial charge on any atom is -0.464 e. The van der Waals surface area contributed by atoms with E-state index in [4.69, 9.17) is 4.74 Å². The summed E-state index contributed by atoms with van der Waals surface area (Å²) in [6.07, 6.45) is 7.94. The van der Waals surface area contributed by atoms with E-state index in [0.717, 1.165) is 25.8 Å². The molecule has 0 aromatic heterocycles. The molecule has 0 bridgehead atoms. The first-order valence-corrected chi connectivity index (χ1v) is 6.61. The number of rotatable bonds is 7. The van der Waals surface area contributed by atoms with Crippen LogP contribution in [0.5, 0.6) is 0 Å². The molecular weight excluding hydrogens is 202 g/mol. The summed E-state index contributed by atoms with van der Waals surface area (Å²) in [4.78, 5) is 11.8. The van der Waals surface area contributed by atoms with Gasteiger partial charge in [-0.1, -0.05) is 32.6 Å². The van der Waals surface area contributed by atoms with Crippen LogP contribution in [-0.2, 0) is 9.53 Å². The van der Waals surface area contributed by atoms with Gasteiger partial charge < -0.3 is 10.1 Å². The molecule has 3 heteroatoms. The highest BCUT2D eigenvalue weighted by Gasteiger charge is 2.37. The summed E-state index contributed by atoms with van der Waals surface area (Å²) in [5.74, 6) is -0.0690. The zero-order valence-corrected chi connectivity index (χ0v) is 10.7. The molecule has 1 aliphatic rings. The molecule has 16 heavy (non-hydrogen) atoms. The van der Waals surface area contributed by atoms with Crippen LogP contribution in [0.4, 0.5) is 0 Å². The predicted molar refractivity (Wildman–Crippen MR) is 65.4 cm³/mol. The molecule has 0 aromatic rings. The van der Waals surface area contributed by atoms with Crippen molar-refractivity contribution < 1.29 is 9.53 Å². The van der Waals surface area contributed by atoms with Gasteiger partial charge in [0.05, 0.1) is 6.61 Å². The van der Waals surface area contributed by atoms with Crippen molar-refractivity contribution in [3.63, 3.8) is 0 Å². The maximum Gasteiger partial charge on any atom is 0.326 e. The first-order valence-electron chi connectivity index (χ1n) is 6.61. The number of carbonyl (C=O) groups excluding carboxylic acids is 1. The van der Waals surface area contributed by atoms with Crippen LogP contribution in [-0.4, -0.2) is 24.7 Å². The lowest BCUT2D eigenvalue weighted by atomic mass is 10.0. The van der Waals surface area contributed by atoms with Gasteiger partial charge in [0.1, 0.15) is 5.54 Å². The van der Waals surface area contributed by atoms with Crippen LogP contribution < -0.4 is 5.32 Å². The van der Waals surface area contributed by atoms with E-state index in [1.807, 2.05) is 6.92 Å². The molecule has 1 fully saturated rings. The van der Waals surface area contributed by atoms with E-state index < -0.39 is 5.54 Å². The normalized spacial score (nSPS) is 24.6. The summed E-state index contributed by atoms with van der Waals surface area (Å²) in [6, 6.07) is 0. The van der Waals surface area contributed by atoms with E-state index in [2.05, 4.69) is 12.2 Å². The Morgan fingerprint density at radius 3 is 2.69 bits per heavy atom. The SMILES string of the molecule is CCCCCCCOC(=O)C1(C)CCCN1. The standard InChI is InChI=1S/C13H25NO2/c1-3-4-5-6-7-11-16-12(15)13(2)9-8-10-14-13/h14H,3-11H2,1-2H3. The highest BCUT2D eigenvalue weighted by atomic mass is 16.5. The molecule has 1 unspecified atom stereocenters. The fourth-order valence-electron chi connectivity index (χ4n) is 2.10. The maximum absolute atomic E-state index is 11.8. The van der Waals surface area contributed by atoms with Gasteiger partial charge in [0.2, 0.25) is 0 Å². The van der Waals surface area contributed by atoms with Gasteiger partial charge in [-0.3, -0.25) is 4.79 Å². The lowest BCUT2D eigenvalue weighted by Crippen LogP contribution is -2.45. The molecule has 1 N–H and O–H groups in total. The topological polar surface area (TPSA) is 38.3 Å². The lowest BCUT2D eigenvalue weighted by molar-refractivity contribution is -0.150. The number of hydrogen-bond donors (Lipinski definition) is 1. The quantitative estimate of drug-likeness (QED) is 0.537. The molecule has 1 heterocycles. The molecule has 1 atom stereocenters. The van der Waals surface area contributed by atoms with Crippen molar-refractivity contribution in [2.45, 2.75) is 64.3 Å². The third-order valence-corrected chi connectivity index (χ3v) is 3.30. The van der Waals surface area contributed by atoms with Crippen LogP contribution in [0.25, 0.3) is 0 Å². The second kappa shape index (κ2) is 6.89. The highest BCUT2D eigenvalue weighted by Crippen LogP contribution is 2.20. The molecule has 1 saturated heterocycles. The summed E-state index contributed by atoms with van der Waals surface area (Å²) in [6.45, 7) is 5.66. The van der Waals surface area contributed by atoms with Crippen molar-refractivity contribution in [1.29, 1.82) is 0 Å². The fraction of sp³-hybridized carbons (Fsp3) is 0.923. The van der Waals surface area contributed by atoms with E-state index in [1.165, 1.54) is 25.7 Å². The van der Waals surface area contributed by atoms with E-state index in [9.17, 15) is 4.79 Å². The van der Waals surface area contributed by atoms with Crippen LogP contribution in [0.3, 0.4) is 0 Å². The molecule has 0 aromatic carbocycles. The van der Waals surface area contributed by atoms with Crippen LogP contribution >= 0.6 is 0 Å². The number of unbranched alkanes of at least 4 members (excludes halogenated alkanes) is 4. The average Bonchev–Trinajstić information content (AvgIpc) is 2.71. The van der Waals surface area contributed by atoms with Crippen LogP contribution in [0.1, 0.15) is 58.8 Å². The average molecular weight is 227 g/mol. The first-order chi connectivity index (χ1) is 7.69. The minimum atomic E-state index is -0.413. The molecule has 94 valence electrons. The van der Waals surface area contributed by atoms with Gasteiger partial charge in [-0.15, -0.1) is 0 Å². The second-order valence-electron chi connectivity index (χ2n) is 4.91. The largest absolute Gasteiger partial charge is 0.464 e. The molecule has 0 aliphatic carbocycles. The number of carbonyl (C=O) groups is 1. The van der Waals surface area contributed by atoms with E-state index in [1.54, 1.807) is 0 Å². The Kier molecular flexibility index (Phi) is 5.81. The monoisotopic (exact) mass is 227 g/mol. The van der Waals surface area contributed by atoms with E-state index in [-0.39, 0.29) is 5.97 Å². The Bertz CT molecular complexity index is 210. The molecule has 0 radical (unpaired) electrons. The van der Waals surface area contributed by atoms with Crippen LogP contribution in [0.15, 0.2) is 0 Å². The number of nitrogens with one attached hydrogen (secondary N) is 1. The molecule has 0 amide bonds. The molecule has 3 nitrogen and oxygen atoms in total. The zero-order chi connectivity index (χ0) is 11.9. The van der Waals surface area contributed by atoms with Gasteiger partial charge in [-0.25, -0.2) is 0 Å². The van der Waals surface area contributed by atoms with Crippen molar-refractivity contribution in [3.8, 4) is 0 Å². The summed E-state index contributed by atoms with van der Waals surface area (Å²) >= 11 is 0. The molecule has 1 rings (SSSR count). The third kappa shape index (κ3) is 4.12. The second-order valence-corrected chi connectivity index (χ2v) is 4.91. The molecule has 0 saturated carbocycles. The summed E-state index contributed by atoms with van der Waals surface area (Å²) in [7, 11) is 0. The molecular formula is C13H25NO2. The Morgan fingerprint density at radius 1 is 1.31 bits per heavy atom. The number of ether oxygens (including phenoxy) is 1. The smallest absolute Gasteiger partial charge is 0.326 e. The van der Waals surface area contributed by atoms with E-state index >= 15 is 0 Å². The van der Waals surface area contributed by atoms with Gasteiger partial charge in [0.15, 0.2) is 0 Å². The van der Waals surface area contributed by atoms with Crippen molar-refractivity contribution in [2.24, 2.45) is 0 Å². The van der Waals surface area contributed by atoms with E-state index in [0.29, 0.717) is 6.61 Å². The highest BCUT2D eigenvalue weighted by molar-refractivity contribution is 5.80. The van der Waals surface area contributed by atoms with Crippen molar-refractivity contribution >= 4 is 5.97 Å². The fourth-order valence-corrected chi connectivity index (χ4v) is 2.10. The summed E-state index contributed by atoms with van der Waals surface area (Å²) in [5, 5.41) is 3.22. The van der Waals surface area contributed by atoms with Gasteiger partial charge in [-0.2, -0.15) is 0 Å². The molecule has 1 aliphatic heterocycles. The zero-order valence-electron chi connectivity index (χ0n) is 10.7. The first kappa shape index (κ1) is 13.5. The predicted octanol–water partition coefficient (Wildman–Crippen LogP) is 2.64. The maximum atomic E-state index is 11.8. The van der Waals surface area contributed by atoms with Gasteiger partial charge in [-0.05, 0) is 32.7 Å². The Hall–Kier alpha value is -0.570. The number of hydrogen-bond acceptors (Lipinski definition) is 3. The number of esters is 1. The molecule has 0 spiro atoms. The Labute approximate surface area is 98.9 Å². The van der Waals surface area contributed by atoms with Gasteiger partial charge >= 0.3 is 5.97 Å². The minimum absolute atomic E-state index is 0.0690. The van der Waals surface area contributed by atoms with Crippen molar-refractivity contribution in [2.75, 3.05) is 13.2 Å². The Morgan fingerprint density at radius 2 is 2.06 bits per heavy atom. The van der Waals surface area contributed by atoms with Crippen molar-refractivity contribution in [3.05, 3.63) is 0 Å². The van der Waals surface area contributed by atoms with Crippen molar-refractivity contribution in [1.82, 2.24) is 5.32 Å². The van der Waals surface area contributed by atoms with Gasteiger partial charge in [0, 0.05) is 0 Å². The summed E-state index contributed by atoms with van der Waals surface area (Å²) < 4.78 is 5.31. The van der Waals surface area contributed by atoms with Crippen LogP contribution in [0.2, 0.25) is 0 Å². The van der Waals surface area contributed by atoms with Crippen LogP contribution in [0, 0.1) is 0 Å². The Balaban J connectivity index is 2.06. The summed E-state index contributed by atoms with van der Waals surface area (Å²) in [5.41, 5.74) is -0.413. The lowest BCUT2D eigenvalue weighted by Gasteiger charge is -2.21.